The summed E-state index contributed by atoms with van der Waals surface area (Å²) in [5.41, 5.74) is 0. The van der Waals surface area contributed by atoms with Crippen molar-refractivity contribution in [2.75, 3.05) is 7.05 Å². The minimum atomic E-state index is -0.221. The molecule has 2 heteroatoms. The molecule has 1 saturated heterocycles. The quantitative estimate of drug-likeness (QED) is 0.649. The van der Waals surface area contributed by atoms with Crippen LogP contribution in [0, 0.1) is 11.8 Å². The molecule has 72 valence electrons. The first-order valence-corrected chi connectivity index (χ1v) is 4.92. The predicted molar refractivity (Wildman–Crippen MR) is 50.8 cm³/mol. The molecule has 0 spiro atoms. The van der Waals surface area contributed by atoms with Crippen molar-refractivity contribution in [3.8, 4) is 0 Å². The van der Waals surface area contributed by atoms with E-state index in [9.17, 15) is 5.11 Å². The zero-order valence-corrected chi connectivity index (χ0v) is 8.62. The molecule has 1 fully saturated rings. The molecule has 0 bridgehead atoms. The Bertz CT molecular complexity index is 135. The molecular formula is C10H21NO. The van der Waals surface area contributed by atoms with Crippen molar-refractivity contribution in [2.45, 2.75) is 45.9 Å². The van der Waals surface area contributed by atoms with E-state index in [-0.39, 0.29) is 6.23 Å². The molecule has 0 aromatic carbocycles. The summed E-state index contributed by atoms with van der Waals surface area (Å²) in [5.74, 6) is 1.40. The van der Waals surface area contributed by atoms with Crippen LogP contribution >= 0.6 is 0 Å². The fourth-order valence-electron chi connectivity index (χ4n) is 1.98. The number of rotatable bonds is 1. The van der Waals surface area contributed by atoms with E-state index in [0.717, 1.165) is 6.42 Å². The molecule has 0 aromatic heterocycles. The molecule has 1 rings (SSSR count). The smallest absolute Gasteiger partial charge is 0.107 e. The Morgan fingerprint density at radius 2 is 1.92 bits per heavy atom. The predicted octanol–water partition coefficient (Wildman–Crippen LogP) is 1.69. The van der Waals surface area contributed by atoms with Crippen LogP contribution in [0.3, 0.4) is 0 Å². The molecule has 12 heavy (non-hydrogen) atoms. The van der Waals surface area contributed by atoms with Crippen LogP contribution in [-0.4, -0.2) is 29.3 Å². The molecule has 0 aliphatic carbocycles. The lowest BCUT2D eigenvalue weighted by molar-refractivity contribution is -0.0612. The van der Waals surface area contributed by atoms with Gasteiger partial charge in [-0.15, -0.1) is 0 Å². The number of aliphatic hydroxyl groups is 1. The standard InChI is InChI=1S/C10H21NO/c1-7(2)9-5-8(3)11(4)10(12)6-9/h7-10,12H,5-6H2,1-4H3/t8-,9-,10-/m1/s1. The van der Waals surface area contributed by atoms with Crippen LogP contribution in [-0.2, 0) is 0 Å². The monoisotopic (exact) mass is 171 g/mol. The highest BCUT2D eigenvalue weighted by Crippen LogP contribution is 2.30. The van der Waals surface area contributed by atoms with Crippen molar-refractivity contribution < 1.29 is 5.11 Å². The summed E-state index contributed by atoms with van der Waals surface area (Å²) < 4.78 is 0. The van der Waals surface area contributed by atoms with Crippen molar-refractivity contribution in [1.82, 2.24) is 4.90 Å². The lowest BCUT2D eigenvalue weighted by Crippen LogP contribution is -2.46. The van der Waals surface area contributed by atoms with Crippen LogP contribution in [0.5, 0.6) is 0 Å². The third-order valence-electron chi connectivity index (χ3n) is 3.27. The Morgan fingerprint density at radius 3 is 2.33 bits per heavy atom. The normalized spacial score (nSPS) is 39.0. The maximum absolute atomic E-state index is 9.69. The molecule has 3 atom stereocenters. The van der Waals surface area contributed by atoms with Gasteiger partial charge in [0.2, 0.25) is 0 Å². The van der Waals surface area contributed by atoms with Crippen molar-refractivity contribution >= 4 is 0 Å². The van der Waals surface area contributed by atoms with Gasteiger partial charge in [0.15, 0.2) is 0 Å². The van der Waals surface area contributed by atoms with E-state index < -0.39 is 0 Å². The molecule has 2 nitrogen and oxygen atoms in total. The van der Waals surface area contributed by atoms with Crippen molar-refractivity contribution in [3.63, 3.8) is 0 Å². The first-order valence-electron chi connectivity index (χ1n) is 4.92. The maximum Gasteiger partial charge on any atom is 0.107 e. The summed E-state index contributed by atoms with van der Waals surface area (Å²) in [6, 6.07) is 0.529. The summed E-state index contributed by atoms with van der Waals surface area (Å²) in [6.07, 6.45) is 1.95. The summed E-state index contributed by atoms with van der Waals surface area (Å²) in [4.78, 5) is 2.07. The highest BCUT2D eigenvalue weighted by Gasteiger charge is 2.30. The van der Waals surface area contributed by atoms with E-state index >= 15 is 0 Å². The summed E-state index contributed by atoms with van der Waals surface area (Å²) in [6.45, 7) is 6.68. The van der Waals surface area contributed by atoms with Gasteiger partial charge in [0, 0.05) is 6.04 Å². The van der Waals surface area contributed by atoms with Gasteiger partial charge in [-0.3, -0.25) is 4.90 Å². The molecular weight excluding hydrogens is 150 g/mol. The highest BCUT2D eigenvalue weighted by atomic mass is 16.3. The third-order valence-corrected chi connectivity index (χ3v) is 3.27. The number of likely N-dealkylation sites (tertiary alicyclic amines) is 1. The SMILES string of the molecule is CC(C)[C@@H]1C[C@@H](C)N(C)[C@H](O)C1. The fraction of sp³-hybridized carbons (Fsp3) is 1.00. The minimum Gasteiger partial charge on any atom is -0.378 e. The van der Waals surface area contributed by atoms with E-state index in [2.05, 4.69) is 25.7 Å². The van der Waals surface area contributed by atoms with Gasteiger partial charge in [-0.05, 0) is 38.6 Å². The highest BCUT2D eigenvalue weighted by molar-refractivity contribution is 4.80. The summed E-state index contributed by atoms with van der Waals surface area (Å²) in [5, 5.41) is 9.69. The fourth-order valence-corrected chi connectivity index (χ4v) is 1.98. The average Bonchev–Trinajstić information content (AvgIpc) is 1.99. The Kier molecular flexibility index (Phi) is 3.13. The Hall–Kier alpha value is -0.0800. The average molecular weight is 171 g/mol. The zero-order valence-electron chi connectivity index (χ0n) is 8.62. The van der Waals surface area contributed by atoms with Gasteiger partial charge in [0.1, 0.15) is 6.23 Å². The largest absolute Gasteiger partial charge is 0.378 e. The number of nitrogens with zero attached hydrogens (tertiary/aromatic N) is 1. The molecule has 1 aliphatic rings. The van der Waals surface area contributed by atoms with Gasteiger partial charge < -0.3 is 5.11 Å². The second kappa shape index (κ2) is 3.75. The van der Waals surface area contributed by atoms with Crippen LogP contribution in [0.15, 0.2) is 0 Å². The zero-order chi connectivity index (χ0) is 9.30. The molecule has 0 aromatic rings. The third kappa shape index (κ3) is 1.99. The molecule has 0 radical (unpaired) electrons. The van der Waals surface area contributed by atoms with Crippen LogP contribution in [0.1, 0.15) is 33.6 Å². The van der Waals surface area contributed by atoms with Crippen molar-refractivity contribution in [1.29, 1.82) is 0 Å². The molecule has 1 heterocycles. The van der Waals surface area contributed by atoms with Crippen LogP contribution in [0.4, 0.5) is 0 Å². The summed E-state index contributed by atoms with van der Waals surface area (Å²) >= 11 is 0. The lowest BCUT2D eigenvalue weighted by atomic mass is 9.83. The van der Waals surface area contributed by atoms with E-state index in [1.165, 1.54) is 6.42 Å². The van der Waals surface area contributed by atoms with Crippen molar-refractivity contribution in [3.05, 3.63) is 0 Å². The molecule has 0 amide bonds. The number of aliphatic hydroxyl groups excluding tert-OH is 1. The first kappa shape index (κ1) is 10.0. The number of hydrogen-bond donors (Lipinski definition) is 1. The van der Waals surface area contributed by atoms with Crippen LogP contribution in [0.2, 0.25) is 0 Å². The van der Waals surface area contributed by atoms with Gasteiger partial charge in [-0.1, -0.05) is 13.8 Å². The van der Waals surface area contributed by atoms with Crippen molar-refractivity contribution in [2.24, 2.45) is 11.8 Å². The van der Waals surface area contributed by atoms with Gasteiger partial charge in [-0.25, -0.2) is 0 Å². The number of piperidine rings is 1. The number of hydrogen-bond acceptors (Lipinski definition) is 2. The second-order valence-electron chi connectivity index (χ2n) is 4.47. The van der Waals surface area contributed by atoms with Gasteiger partial charge >= 0.3 is 0 Å². The first-order chi connectivity index (χ1) is 5.52. The Balaban J connectivity index is 2.53. The van der Waals surface area contributed by atoms with Gasteiger partial charge in [0.05, 0.1) is 0 Å². The summed E-state index contributed by atoms with van der Waals surface area (Å²) in [7, 11) is 2.01. The molecule has 0 unspecified atom stereocenters. The molecule has 1 N–H and O–H groups in total. The Labute approximate surface area is 75.6 Å². The van der Waals surface area contributed by atoms with E-state index in [0.29, 0.717) is 17.9 Å². The van der Waals surface area contributed by atoms with Gasteiger partial charge in [-0.2, -0.15) is 0 Å². The lowest BCUT2D eigenvalue weighted by Gasteiger charge is -2.40. The van der Waals surface area contributed by atoms with Crippen LogP contribution < -0.4 is 0 Å². The molecule has 1 aliphatic heterocycles. The molecule has 0 saturated carbocycles. The topological polar surface area (TPSA) is 23.5 Å². The maximum atomic E-state index is 9.69. The van der Waals surface area contributed by atoms with E-state index in [1.807, 2.05) is 7.05 Å². The van der Waals surface area contributed by atoms with Crippen LogP contribution in [0.25, 0.3) is 0 Å². The van der Waals surface area contributed by atoms with E-state index in [1.54, 1.807) is 0 Å². The van der Waals surface area contributed by atoms with Gasteiger partial charge in [0.25, 0.3) is 0 Å². The minimum absolute atomic E-state index is 0.221. The second-order valence-corrected chi connectivity index (χ2v) is 4.47. The van der Waals surface area contributed by atoms with E-state index in [4.69, 9.17) is 0 Å². The Morgan fingerprint density at radius 1 is 1.33 bits per heavy atom.